The number of rotatable bonds is 6. The van der Waals surface area contributed by atoms with E-state index >= 15 is 0 Å². The van der Waals surface area contributed by atoms with Crippen LogP contribution in [-0.2, 0) is 11.3 Å². The molecule has 0 heterocycles. The van der Waals surface area contributed by atoms with Crippen molar-refractivity contribution in [2.24, 2.45) is 5.73 Å². The number of likely N-dealkylation sites (N-methyl/N-ethyl adjacent to an activating group) is 1. The first-order chi connectivity index (χ1) is 8.06. The average Bonchev–Trinajstić information content (AvgIpc) is 2.28. The summed E-state index contributed by atoms with van der Waals surface area (Å²) in [5, 5.41) is 0. The van der Waals surface area contributed by atoms with Gasteiger partial charge in [-0.25, -0.2) is 0 Å². The molecule has 0 aliphatic heterocycles. The van der Waals surface area contributed by atoms with Gasteiger partial charge < -0.3 is 15.4 Å². The van der Waals surface area contributed by atoms with E-state index in [-0.39, 0.29) is 6.10 Å². The number of benzene rings is 1. The molecule has 3 nitrogen and oxygen atoms in total. The Morgan fingerprint density at radius 2 is 2.12 bits per heavy atom. The smallest absolute Gasteiger partial charge is 0.0644 e. The van der Waals surface area contributed by atoms with Gasteiger partial charge in [-0.2, -0.15) is 0 Å². The molecule has 1 aromatic carbocycles. The van der Waals surface area contributed by atoms with Crippen LogP contribution >= 0.6 is 15.9 Å². The van der Waals surface area contributed by atoms with Crippen molar-refractivity contribution in [1.82, 2.24) is 0 Å². The fourth-order valence-corrected chi connectivity index (χ4v) is 2.17. The lowest BCUT2D eigenvalue weighted by Crippen LogP contribution is -2.25. The summed E-state index contributed by atoms with van der Waals surface area (Å²) in [6, 6.07) is 6.13. The number of ether oxygens (including phenoxy) is 1. The molecule has 2 N–H and O–H groups in total. The van der Waals surface area contributed by atoms with Gasteiger partial charge in [0.2, 0.25) is 0 Å². The van der Waals surface area contributed by atoms with Crippen molar-refractivity contribution in [3.8, 4) is 0 Å². The Balaban J connectivity index is 2.68. The molecule has 4 heteroatoms. The molecule has 17 heavy (non-hydrogen) atoms. The van der Waals surface area contributed by atoms with Crippen molar-refractivity contribution in [1.29, 1.82) is 0 Å². The minimum absolute atomic E-state index is 0.278. The third kappa shape index (κ3) is 4.30. The summed E-state index contributed by atoms with van der Waals surface area (Å²) in [4.78, 5) is 2.18. The van der Waals surface area contributed by atoms with Gasteiger partial charge in [0, 0.05) is 35.9 Å². The van der Waals surface area contributed by atoms with Gasteiger partial charge in [0.15, 0.2) is 0 Å². The molecule has 0 atom stereocenters. The molecular weight excluding hydrogens is 280 g/mol. The zero-order valence-corrected chi connectivity index (χ0v) is 12.3. The zero-order valence-electron chi connectivity index (χ0n) is 10.7. The Bertz CT molecular complexity index is 355. The topological polar surface area (TPSA) is 38.5 Å². The van der Waals surface area contributed by atoms with Gasteiger partial charge in [-0.1, -0.05) is 22.0 Å². The summed E-state index contributed by atoms with van der Waals surface area (Å²) >= 11 is 3.53. The van der Waals surface area contributed by atoms with Gasteiger partial charge in [-0.15, -0.1) is 0 Å². The van der Waals surface area contributed by atoms with Crippen molar-refractivity contribution in [2.75, 3.05) is 25.1 Å². The third-order valence-electron chi connectivity index (χ3n) is 2.59. The molecule has 0 aliphatic rings. The Kier molecular flexibility index (Phi) is 5.95. The molecule has 0 unspecified atom stereocenters. The van der Waals surface area contributed by atoms with Crippen LogP contribution in [0.5, 0.6) is 0 Å². The van der Waals surface area contributed by atoms with Gasteiger partial charge in [-0.3, -0.25) is 0 Å². The summed E-state index contributed by atoms with van der Waals surface area (Å²) in [6.45, 7) is 6.22. The molecule has 1 rings (SSSR count). The first-order valence-corrected chi connectivity index (χ1v) is 6.65. The molecule has 1 aromatic rings. The van der Waals surface area contributed by atoms with Crippen LogP contribution in [0.4, 0.5) is 5.69 Å². The molecule has 0 spiro atoms. The summed E-state index contributed by atoms with van der Waals surface area (Å²) in [7, 11) is 2.06. The Morgan fingerprint density at radius 3 is 2.71 bits per heavy atom. The molecule has 0 radical (unpaired) electrons. The van der Waals surface area contributed by atoms with E-state index in [0.717, 1.165) is 28.9 Å². The lowest BCUT2D eigenvalue weighted by atomic mass is 10.1. The highest BCUT2D eigenvalue weighted by Crippen LogP contribution is 2.26. The molecule has 0 aliphatic carbocycles. The number of hydrogen-bond donors (Lipinski definition) is 1. The van der Waals surface area contributed by atoms with Crippen LogP contribution in [0.25, 0.3) is 0 Å². The first-order valence-electron chi connectivity index (χ1n) is 5.86. The molecular formula is C13H21BrN2O. The van der Waals surface area contributed by atoms with Crippen LogP contribution in [-0.4, -0.2) is 26.3 Å². The van der Waals surface area contributed by atoms with Crippen molar-refractivity contribution in [3.63, 3.8) is 0 Å². The Morgan fingerprint density at radius 1 is 1.41 bits per heavy atom. The van der Waals surface area contributed by atoms with Crippen LogP contribution in [0.3, 0.4) is 0 Å². The van der Waals surface area contributed by atoms with Crippen LogP contribution < -0.4 is 10.6 Å². The van der Waals surface area contributed by atoms with Crippen molar-refractivity contribution in [3.05, 3.63) is 28.2 Å². The van der Waals surface area contributed by atoms with E-state index in [1.54, 1.807) is 0 Å². The molecule has 0 aromatic heterocycles. The Hall–Kier alpha value is -0.580. The van der Waals surface area contributed by atoms with E-state index in [9.17, 15) is 0 Å². The molecule has 0 saturated carbocycles. The van der Waals surface area contributed by atoms with Crippen LogP contribution in [0, 0.1) is 0 Å². The van der Waals surface area contributed by atoms with Crippen molar-refractivity contribution in [2.45, 2.75) is 26.5 Å². The highest BCUT2D eigenvalue weighted by atomic mass is 79.9. The number of anilines is 1. The van der Waals surface area contributed by atoms with E-state index < -0.39 is 0 Å². The summed E-state index contributed by atoms with van der Waals surface area (Å²) in [6.07, 6.45) is 0.278. The quantitative estimate of drug-likeness (QED) is 0.878. The highest BCUT2D eigenvalue weighted by molar-refractivity contribution is 9.10. The summed E-state index contributed by atoms with van der Waals surface area (Å²) < 4.78 is 6.62. The van der Waals surface area contributed by atoms with E-state index in [1.807, 2.05) is 26.0 Å². The fraction of sp³-hybridized carbons (Fsp3) is 0.538. The van der Waals surface area contributed by atoms with Gasteiger partial charge in [0.1, 0.15) is 0 Å². The van der Waals surface area contributed by atoms with Gasteiger partial charge in [-0.05, 0) is 26.0 Å². The van der Waals surface area contributed by atoms with Crippen molar-refractivity contribution >= 4 is 21.6 Å². The maximum absolute atomic E-state index is 5.78. The molecule has 0 fully saturated rings. The third-order valence-corrected chi connectivity index (χ3v) is 3.33. The normalized spacial score (nSPS) is 10.9. The van der Waals surface area contributed by atoms with E-state index in [1.165, 1.54) is 0 Å². The second-order valence-electron chi connectivity index (χ2n) is 4.28. The number of nitrogens with two attached hydrogens (primary N) is 1. The van der Waals surface area contributed by atoms with Gasteiger partial charge in [0.25, 0.3) is 0 Å². The lowest BCUT2D eigenvalue weighted by Gasteiger charge is -2.23. The largest absolute Gasteiger partial charge is 0.377 e. The van der Waals surface area contributed by atoms with E-state index in [4.69, 9.17) is 10.5 Å². The lowest BCUT2D eigenvalue weighted by molar-refractivity contribution is 0.0846. The maximum Gasteiger partial charge on any atom is 0.0644 e. The molecule has 96 valence electrons. The van der Waals surface area contributed by atoms with Crippen LogP contribution in [0.15, 0.2) is 22.7 Å². The van der Waals surface area contributed by atoms with Crippen molar-refractivity contribution < 1.29 is 4.74 Å². The second kappa shape index (κ2) is 6.99. The standard InChI is InChI=1S/C13H21BrN2O/c1-10(2)17-8-7-16(3)13-6-4-5-12(14)11(13)9-15/h4-6,10H,7-9,15H2,1-3H3. The predicted octanol–water partition coefficient (Wildman–Crippen LogP) is 2.77. The number of nitrogens with zero attached hydrogens (tertiary/aromatic N) is 1. The van der Waals surface area contributed by atoms with Gasteiger partial charge in [0.05, 0.1) is 12.7 Å². The summed E-state index contributed by atoms with van der Waals surface area (Å²) in [5.74, 6) is 0. The monoisotopic (exact) mass is 300 g/mol. The maximum atomic E-state index is 5.78. The minimum Gasteiger partial charge on any atom is -0.377 e. The fourth-order valence-electron chi connectivity index (χ4n) is 1.65. The van der Waals surface area contributed by atoms with Crippen LogP contribution in [0.1, 0.15) is 19.4 Å². The van der Waals surface area contributed by atoms with E-state index in [2.05, 4.69) is 33.9 Å². The highest BCUT2D eigenvalue weighted by Gasteiger charge is 2.09. The van der Waals surface area contributed by atoms with Crippen LogP contribution in [0.2, 0.25) is 0 Å². The van der Waals surface area contributed by atoms with E-state index in [0.29, 0.717) is 6.54 Å². The predicted molar refractivity (Wildman–Crippen MR) is 76.4 cm³/mol. The zero-order chi connectivity index (χ0) is 12.8. The summed E-state index contributed by atoms with van der Waals surface area (Å²) in [5.41, 5.74) is 8.08. The SMILES string of the molecule is CC(C)OCCN(C)c1cccc(Br)c1CN. The molecule has 0 saturated heterocycles. The molecule has 0 amide bonds. The number of halogens is 1. The average molecular weight is 301 g/mol. The Labute approximate surface area is 112 Å². The molecule has 0 bridgehead atoms. The number of hydrogen-bond acceptors (Lipinski definition) is 3. The minimum atomic E-state index is 0.278. The second-order valence-corrected chi connectivity index (χ2v) is 5.14. The first kappa shape index (κ1) is 14.5. The van der Waals surface area contributed by atoms with Gasteiger partial charge >= 0.3 is 0 Å².